The zero-order valence-electron chi connectivity index (χ0n) is 6.98. The first-order chi connectivity index (χ1) is 6.24. The van der Waals surface area contributed by atoms with Gasteiger partial charge in [0.1, 0.15) is 11.6 Å². The van der Waals surface area contributed by atoms with Gasteiger partial charge in [0.05, 0.1) is 5.69 Å². The van der Waals surface area contributed by atoms with E-state index >= 15 is 0 Å². The Morgan fingerprint density at radius 1 is 1.38 bits per heavy atom. The summed E-state index contributed by atoms with van der Waals surface area (Å²) in [5.41, 5.74) is 0.148. The second-order valence-electron chi connectivity index (χ2n) is 2.51. The van der Waals surface area contributed by atoms with Gasteiger partial charge in [-0.15, -0.1) is 12.3 Å². The predicted octanol–water partition coefficient (Wildman–Crippen LogP) is 2.40. The summed E-state index contributed by atoms with van der Waals surface area (Å²) in [7, 11) is 0. The Bertz CT molecular complexity index is 328. The lowest BCUT2D eigenvalue weighted by Gasteiger charge is -2.04. The first kappa shape index (κ1) is 9.53. The number of benzene rings is 1. The minimum Gasteiger partial charge on any atom is -0.382 e. The van der Waals surface area contributed by atoms with Gasteiger partial charge in [0.15, 0.2) is 0 Å². The molecular weight excluding hydrogens is 172 g/mol. The first-order valence-corrected chi connectivity index (χ1v) is 3.86. The largest absolute Gasteiger partial charge is 0.382 e. The van der Waals surface area contributed by atoms with E-state index in [-0.39, 0.29) is 5.69 Å². The molecule has 0 heterocycles. The summed E-state index contributed by atoms with van der Waals surface area (Å²) in [5, 5.41) is 2.70. The van der Waals surface area contributed by atoms with Gasteiger partial charge in [-0.3, -0.25) is 0 Å². The third-order valence-electron chi connectivity index (χ3n) is 1.51. The van der Waals surface area contributed by atoms with E-state index in [1.165, 1.54) is 0 Å². The van der Waals surface area contributed by atoms with Gasteiger partial charge in [-0.1, -0.05) is 0 Å². The van der Waals surface area contributed by atoms with Crippen LogP contribution in [0.2, 0.25) is 0 Å². The molecule has 13 heavy (non-hydrogen) atoms. The summed E-state index contributed by atoms with van der Waals surface area (Å²) >= 11 is 0. The van der Waals surface area contributed by atoms with Gasteiger partial charge in [0.25, 0.3) is 0 Å². The van der Waals surface area contributed by atoms with Crippen LogP contribution in [0.15, 0.2) is 18.2 Å². The van der Waals surface area contributed by atoms with Crippen molar-refractivity contribution in [1.82, 2.24) is 0 Å². The van der Waals surface area contributed by atoms with Crippen LogP contribution < -0.4 is 5.32 Å². The van der Waals surface area contributed by atoms with Gasteiger partial charge in [-0.25, -0.2) is 8.78 Å². The number of halogens is 2. The molecule has 68 valence electrons. The minimum atomic E-state index is -0.474. The summed E-state index contributed by atoms with van der Waals surface area (Å²) in [6.07, 6.45) is 5.48. The second-order valence-corrected chi connectivity index (χ2v) is 2.51. The van der Waals surface area contributed by atoms with Crippen LogP contribution in [0, 0.1) is 24.0 Å². The Kier molecular flexibility index (Phi) is 3.27. The summed E-state index contributed by atoms with van der Waals surface area (Å²) in [5.74, 6) is 1.45. The highest BCUT2D eigenvalue weighted by Crippen LogP contribution is 2.14. The minimum absolute atomic E-state index is 0.148. The molecule has 0 amide bonds. The lowest BCUT2D eigenvalue weighted by molar-refractivity contribution is 0.602. The first-order valence-electron chi connectivity index (χ1n) is 3.86. The molecule has 0 spiro atoms. The molecule has 1 aromatic carbocycles. The molecule has 1 rings (SSSR count). The molecule has 0 aliphatic rings. The van der Waals surface area contributed by atoms with Crippen molar-refractivity contribution in [1.29, 1.82) is 0 Å². The maximum atomic E-state index is 12.9. The molecule has 0 saturated heterocycles. The number of hydrogen-bond acceptors (Lipinski definition) is 1. The van der Waals surface area contributed by atoms with E-state index in [0.717, 1.165) is 18.2 Å². The fraction of sp³-hybridized carbons (Fsp3) is 0.200. The maximum absolute atomic E-state index is 12.9. The Hall–Kier alpha value is -1.56. The average molecular weight is 181 g/mol. The number of anilines is 1. The molecule has 0 aliphatic carbocycles. The molecule has 1 N–H and O–H groups in total. The summed E-state index contributed by atoms with van der Waals surface area (Å²) in [6.45, 7) is 0.441. The smallest absolute Gasteiger partial charge is 0.146 e. The molecule has 0 aromatic heterocycles. The lowest BCUT2D eigenvalue weighted by atomic mass is 10.3. The van der Waals surface area contributed by atoms with Crippen molar-refractivity contribution in [3.05, 3.63) is 29.8 Å². The van der Waals surface area contributed by atoms with Gasteiger partial charge < -0.3 is 5.32 Å². The zero-order chi connectivity index (χ0) is 9.68. The summed E-state index contributed by atoms with van der Waals surface area (Å²) in [4.78, 5) is 0. The lowest BCUT2D eigenvalue weighted by Crippen LogP contribution is -2.02. The Morgan fingerprint density at radius 2 is 2.15 bits per heavy atom. The van der Waals surface area contributed by atoms with E-state index in [0.29, 0.717) is 13.0 Å². The zero-order valence-corrected chi connectivity index (χ0v) is 6.98. The molecule has 1 aromatic rings. The quantitative estimate of drug-likeness (QED) is 0.557. The van der Waals surface area contributed by atoms with Gasteiger partial charge in [0, 0.05) is 13.0 Å². The summed E-state index contributed by atoms with van der Waals surface area (Å²) in [6, 6.07) is 3.25. The van der Waals surface area contributed by atoms with Crippen LogP contribution >= 0.6 is 0 Å². The standard InChI is InChI=1S/C10H9F2N/c1-2-3-6-13-10-7-8(11)4-5-9(10)12/h1,4-5,7,13H,3,6H2. The van der Waals surface area contributed by atoms with Gasteiger partial charge in [0.2, 0.25) is 0 Å². The molecule has 0 aliphatic heterocycles. The van der Waals surface area contributed by atoms with E-state index in [4.69, 9.17) is 6.42 Å². The van der Waals surface area contributed by atoms with Crippen molar-refractivity contribution in [3.8, 4) is 12.3 Å². The van der Waals surface area contributed by atoms with Crippen molar-refractivity contribution in [2.24, 2.45) is 0 Å². The van der Waals surface area contributed by atoms with Crippen LogP contribution in [0.25, 0.3) is 0 Å². The number of terminal acetylenes is 1. The van der Waals surface area contributed by atoms with Crippen molar-refractivity contribution >= 4 is 5.69 Å². The molecule has 0 radical (unpaired) electrons. The van der Waals surface area contributed by atoms with Gasteiger partial charge >= 0.3 is 0 Å². The fourth-order valence-corrected chi connectivity index (χ4v) is 0.902. The molecule has 0 fully saturated rings. The van der Waals surface area contributed by atoms with Gasteiger partial charge in [-0.2, -0.15) is 0 Å². The van der Waals surface area contributed by atoms with Crippen LogP contribution in [-0.2, 0) is 0 Å². The summed E-state index contributed by atoms with van der Waals surface area (Å²) < 4.78 is 25.5. The molecule has 3 heteroatoms. The van der Waals surface area contributed by atoms with Crippen molar-refractivity contribution < 1.29 is 8.78 Å². The maximum Gasteiger partial charge on any atom is 0.146 e. The second kappa shape index (κ2) is 4.46. The third kappa shape index (κ3) is 2.75. The Balaban J connectivity index is 2.65. The Morgan fingerprint density at radius 3 is 2.85 bits per heavy atom. The van der Waals surface area contributed by atoms with E-state index in [2.05, 4.69) is 11.2 Å². The van der Waals surface area contributed by atoms with Crippen molar-refractivity contribution in [2.45, 2.75) is 6.42 Å². The van der Waals surface area contributed by atoms with Gasteiger partial charge in [-0.05, 0) is 18.2 Å². The molecule has 0 bridgehead atoms. The molecule has 0 atom stereocenters. The van der Waals surface area contributed by atoms with Crippen molar-refractivity contribution in [3.63, 3.8) is 0 Å². The highest BCUT2D eigenvalue weighted by atomic mass is 19.1. The van der Waals surface area contributed by atoms with E-state index in [9.17, 15) is 8.78 Å². The number of nitrogens with one attached hydrogen (secondary N) is 1. The number of hydrogen-bond donors (Lipinski definition) is 1. The number of rotatable bonds is 3. The molecule has 1 nitrogen and oxygen atoms in total. The van der Waals surface area contributed by atoms with Crippen molar-refractivity contribution in [2.75, 3.05) is 11.9 Å². The van der Waals surface area contributed by atoms with E-state index in [1.54, 1.807) is 0 Å². The topological polar surface area (TPSA) is 12.0 Å². The average Bonchev–Trinajstić information content (AvgIpc) is 2.11. The van der Waals surface area contributed by atoms with Crippen LogP contribution in [0.4, 0.5) is 14.5 Å². The fourth-order valence-electron chi connectivity index (χ4n) is 0.902. The monoisotopic (exact) mass is 181 g/mol. The van der Waals surface area contributed by atoms with Crippen LogP contribution in [-0.4, -0.2) is 6.54 Å². The third-order valence-corrected chi connectivity index (χ3v) is 1.51. The van der Waals surface area contributed by atoms with Crippen LogP contribution in [0.3, 0.4) is 0 Å². The molecule has 0 unspecified atom stereocenters. The normalized spacial score (nSPS) is 9.31. The van der Waals surface area contributed by atoms with Crippen LogP contribution in [0.1, 0.15) is 6.42 Å². The molecular formula is C10H9F2N. The Labute approximate surface area is 75.8 Å². The SMILES string of the molecule is C#CCCNc1cc(F)ccc1F. The van der Waals surface area contributed by atoms with E-state index in [1.807, 2.05) is 0 Å². The van der Waals surface area contributed by atoms with Crippen LogP contribution in [0.5, 0.6) is 0 Å². The highest BCUT2D eigenvalue weighted by Gasteiger charge is 2.01. The molecule has 0 saturated carbocycles. The predicted molar refractivity (Wildman–Crippen MR) is 48.3 cm³/mol. The highest BCUT2D eigenvalue weighted by molar-refractivity contribution is 5.44. The van der Waals surface area contributed by atoms with E-state index < -0.39 is 11.6 Å².